The fraction of sp³-hybridized carbons (Fsp3) is 0.696. The van der Waals surface area contributed by atoms with Crippen LogP contribution in [0.4, 0.5) is 0 Å². The average Bonchev–Trinajstić information content (AvgIpc) is 3.15. The molecule has 0 rings (SSSR count). The van der Waals surface area contributed by atoms with Crippen molar-refractivity contribution in [2.45, 2.75) is 161 Å². The van der Waals surface area contributed by atoms with Gasteiger partial charge in [0.25, 0.3) is 0 Å². The molecule has 0 radical (unpaired) electrons. The molecule has 0 heterocycles. The quantitative estimate of drug-likeness (QED) is 0.0216. The molecule has 0 saturated heterocycles. The van der Waals surface area contributed by atoms with Crippen LogP contribution in [-0.4, -0.2) is 74.9 Å². The lowest BCUT2D eigenvalue weighted by Gasteiger charge is -2.24. The molecule has 10 heteroatoms. The number of nitrogens with zero attached hydrogens (tertiary/aromatic N) is 1. The number of likely N-dealkylation sites (N-methyl/N-ethyl adjacent to an activating group) is 1. The number of hydrogen-bond donors (Lipinski definition) is 1. The lowest BCUT2D eigenvalue weighted by atomic mass is 10.1. The van der Waals surface area contributed by atoms with Crippen molar-refractivity contribution < 1.29 is 42.1 Å². The summed E-state index contributed by atoms with van der Waals surface area (Å²) in [4.78, 5) is 35.3. The van der Waals surface area contributed by atoms with Gasteiger partial charge in [0, 0.05) is 12.8 Å². The number of carbonyl (C=O) groups is 2. The zero-order valence-corrected chi connectivity index (χ0v) is 37.0. The van der Waals surface area contributed by atoms with Crippen molar-refractivity contribution in [3.63, 3.8) is 0 Å². The van der Waals surface area contributed by atoms with E-state index in [0.717, 1.165) is 64.2 Å². The molecular formula is C46H81NO8P+. The molecule has 9 nitrogen and oxygen atoms in total. The molecule has 1 unspecified atom stereocenters. The second kappa shape index (κ2) is 38.0. The summed E-state index contributed by atoms with van der Waals surface area (Å²) in [6.07, 6.45) is 46.7. The molecule has 0 spiro atoms. The Hall–Kier alpha value is -2.55. The van der Waals surface area contributed by atoms with Gasteiger partial charge in [-0.25, -0.2) is 4.57 Å². The van der Waals surface area contributed by atoms with E-state index in [1.165, 1.54) is 51.4 Å². The van der Waals surface area contributed by atoms with Gasteiger partial charge in [0.1, 0.15) is 19.8 Å². The molecule has 0 aliphatic carbocycles. The highest BCUT2D eigenvalue weighted by atomic mass is 31.2. The van der Waals surface area contributed by atoms with Crippen LogP contribution in [0.5, 0.6) is 0 Å². The molecule has 0 amide bonds. The van der Waals surface area contributed by atoms with E-state index in [9.17, 15) is 19.0 Å². The fourth-order valence-electron chi connectivity index (χ4n) is 5.34. The van der Waals surface area contributed by atoms with Crippen molar-refractivity contribution in [2.24, 2.45) is 0 Å². The first-order chi connectivity index (χ1) is 27.0. The second-order valence-corrected chi connectivity index (χ2v) is 16.8. The molecule has 0 aliphatic rings. The Balaban J connectivity index is 4.48. The van der Waals surface area contributed by atoms with Gasteiger partial charge in [0.05, 0.1) is 27.7 Å². The summed E-state index contributed by atoms with van der Waals surface area (Å²) in [6, 6.07) is 0. The van der Waals surface area contributed by atoms with Gasteiger partial charge < -0.3 is 18.9 Å². The molecule has 0 aromatic carbocycles. The second-order valence-electron chi connectivity index (χ2n) is 15.3. The van der Waals surface area contributed by atoms with E-state index in [-0.39, 0.29) is 26.1 Å². The first-order valence-electron chi connectivity index (χ1n) is 21.7. The van der Waals surface area contributed by atoms with Gasteiger partial charge in [-0.15, -0.1) is 0 Å². The van der Waals surface area contributed by atoms with Crippen molar-refractivity contribution in [2.75, 3.05) is 47.5 Å². The minimum absolute atomic E-state index is 0.0187. The topological polar surface area (TPSA) is 108 Å². The first-order valence-corrected chi connectivity index (χ1v) is 23.2. The van der Waals surface area contributed by atoms with Crippen molar-refractivity contribution in [1.82, 2.24) is 0 Å². The fourth-order valence-corrected chi connectivity index (χ4v) is 6.08. The Labute approximate surface area is 342 Å². The Morgan fingerprint density at radius 1 is 0.571 bits per heavy atom. The van der Waals surface area contributed by atoms with Gasteiger partial charge in [-0.1, -0.05) is 138 Å². The van der Waals surface area contributed by atoms with Crippen molar-refractivity contribution in [1.29, 1.82) is 0 Å². The lowest BCUT2D eigenvalue weighted by molar-refractivity contribution is -0.870. The van der Waals surface area contributed by atoms with E-state index in [0.29, 0.717) is 23.9 Å². The number of ether oxygens (including phenoxy) is 2. The summed E-state index contributed by atoms with van der Waals surface area (Å²) in [5.41, 5.74) is 0. The van der Waals surface area contributed by atoms with Crippen LogP contribution in [0.2, 0.25) is 0 Å². The summed E-state index contributed by atoms with van der Waals surface area (Å²) in [5, 5.41) is 0. The normalized spacial score (nSPS) is 14.3. The highest BCUT2D eigenvalue weighted by molar-refractivity contribution is 7.47. The van der Waals surface area contributed by atoms with Gasteiger partial charge in [-0.2, -0.15) is 0 Å². The van der Waals surface area contributed by atoms with Crippen LogP contribution < -0.4 is 0 Å². The number of carbonyl (C=O) groups excluding carboxylic acids is 2. The molecule has 0 aromatic rings. The smallest absolute Gasteiger partial charge is 0.462 e. The minimum Gasteiger partial charge on any atom is -0.462 e. The number of quaternary nitrogens is 1. The van der Waals surface area contributed by atoms with E-state index in [1.807, 2.05) is 21.1 Å². The summed E-state index contributed by atoms with van der Waals surface area (Å²) < 4.78 is 34.2. The third-order valence-electron chi connectivity index (χ3n) is 8.72. The Morgan fingerprint density at radius 3 is 1.59 bits per heavy atom. The van der Waals surface area contributed by atoms with Crippen LogP contribution in [0.25, 0.3) is 0 Å². The van der Waals surface area contributed by atoms with Gasteiger partial charge >= 0.3 is 19.8 Å². The SMILES string of the molecule is CC/C=C/C/C=C/C/C=C/C/C=C/C/C=C/CCCC(=O)OC[C@H](COP(=O)(O)OCC[N+](C)(C)C)OC(=O)CCCCCCCCC/C=C/CCCCCC. The van der Waals surface area contributed by atoms with Crippen LogP contribution in [0, 0.1) is 0 Å². The van der Waals surface area contributed by atoms with Crippen molar-refractivity contribution in [3.05, 3.63) is 72.9 Å². The van der Waals surface area contributed by atoms with Crippen LogP contribution in [-0.2, 0) is 32.7 Å². The summed E-state index contributed by atoms with van der Waals surface area (Å²) >= 11 is 0. The number of esters is 2. The molecule has 0 fully saturated rings. The monoisotopic (exact) mass is 807 g/mol. The predicted octanol–water partition coefficient (Wildman–Crippen LogP) is 12.2. The molecule has 0 bridgehead atoms. The first kappa shape index (κ1) is 53.5. The maximum atomic E-state index is 12.7. The molecular weight excluding hydrogens is 725 g/mol. The highest BCUT2D eigenvalue weighted by Crippen LogP contribution is 2.43. The van der Waals surface area contributed by atoms with E-state index >= 15 is 0 Å². The van der Waals surface area contributed by atoms with E-state index < -0.39 is 32.5 Å². The number of phosphoric acid groups is 1. The standard InChI is InChI=1S/C46H80NO8P/c1-6-8-10-12-14-16-18-20-22-23-25-26-28-30-32-34-36-38-45(48)52-42-44(43-54-56(50,51)53-41-40-47(3,4)5)55-46(49)39-37-35-33-31-29-27-24-21-19-17-15-13-11-9-7-2/h8,10,14,16-17,19-20,22,25-26,30,32,44H,6-7,9,11-13,15,18,21,23-24,27-29,31,33-43H2,1-5H3/p+1/b10-8+,16-14+,19-17+,22-20+,26-25+,32-30+/t44-/m1/s1. The predicted molar refractivity (Wildman–Crippen MR) is 233 cm³/mol. The van der Waals surface area contributed by atoms with Gasteiger partial charge in [-0.3, -0.25) is 18.6 Å². The van der Waals surface area contributed by atoms with Crippen LogP contribution in [0.3, 0.4) is 0 Å². The zero-order valence-electron chi connectivity index (χ0n) is 36.1. The summed E-state index contributed by atoms with van der Waals surface area (Å²) in [7, 11) is 1.43. The van der Waals surface area contributed by atoms with Gasteiger partial charge in [0.15, 0.2) is 6.10 Å². The molecule has 1 N–H and O–H groups in total. The van der Waals surface area contributed by atoms with Crippen LogP contribution in [0.1, 0.15) is 155 Å². The average molecular weight is 807 g/mol. The van der Waals surface area contributed by atoms with Gasteiger partial charge in [0.2, 0.25) is 0 Å². The van der Waals surface area contributed by atoms with E-state index in [2.05, 4.69) is 86.8 Å². The van der Waals surface area contributed by atoms with Crippen LogP contribution >= 0.6 is 7.82 Å². The number of hydrogen-bond acceptors (Lipinski definition) is 7. The summed E-state index contributed by atoms with van der Waals surface area (Å²) in [6.45, 7) is 4.21. The molecule has 0 saturated carbocycles. The number of unbranched alkanes of at least 4 members (excludes halogenated alkanes) is 12. The van der Waals surface area contributed by atoms with Crippen molar-refractivity contribution in [3.8, 4) is 0 Å². The Morgan fingerprint density at radius 2 is 1.04 bits per heavy atom. The third kappa shape index (κ3) is 41.1. The highest BCUT2D eigenvalue weighted by Gasteiger charge is 2.27. The van der Waals surface area contributed by atoms with Crippen LogP contribution in [0.15, 0.2) is 72.9 Å². The Bertz CT molecular complexity index is 1180. The maximum Gasteiger partial charge on any atom is 0.472 e. The van der Waals surface area contributed by atoms with Crippen molar-refractivity contribution >= 4 is 19.8 Å². The molecule has 322 valence electrons. The molecule has 2 atom stereocenters. The Kier molecular flexibility index (Phi) is 36.3. The number of rotatable bonds is 38. The minimum atomic E-state index is -4.39. The third-order valence-corrected chi connectivity index (χ3v) is 9.70. The largest absolute Gasteiger partial charge is 0.472 e. The zero-order chi connectivity index (χ0) is 41.4. The molecule has 56 heavy (non-hydrogen) atoms. The van der Waals surface area contributed by atoms with Gasteiger partial charge in [-0.05, 0) is 77.0 Å². The molecule has 0 aliphatic heterocycles. The van der Waals surface area contributed by atoms with E-state index in [4.69, 9.17) is 18.5 Å². The van der Waals surface area contributed by atoms with E-state index in [1.54, 1.807) is 0 Å². The molecule has 0 aromatic heterocycles. The number of phosphoric ester groups is 1. The summed E-state index contributed by atoms with van der Waals surface area (Å²) in [5.74, 6) is -0.878. The number of allylic oxidation sites excluding steroid dienone is 12. The lowest BCUT2D eigenvalue weighted by Crippen LogP contribution is -2.37. The maximum absolute atomic E-state index is 12.7.